The van der Waals surface area contributed by atoms with Crippen molar-refractivity contribution in [2.45, 2.75) is 312 Å². The van der Waals surface area contributed by atoms with Crippen molar-refractivity contribution in [1.29, 1.82) is 0 Å². The van der Waals surface area contributed by atoms with Crippen LogP contribution in [0, 0.1) is 0 Å². The van der Waals surface area contributed by atoms with Gasteiger partial charge in [-0.15, -0.1) is 0 Å². The van der Waals surface area contributed by atoms with Gasteiger partial charge in [0, 0.05) is 6.42 Å². The fourth-order valence-electron chi connectivity index (χ4n) is 9.94. The molecule has 0 aliphatic carbocycles. The van der Waals surface area contributed by atoms with Gasteiger partial charge in [-0.1, -0.05) is 229 Å². The van der Waals surface area contributed by atoms with Crippen molar-refractivity contribution < 1.29 is 64.6 Å². The Labute approximate surface area is 454 Å². The van der Waals surface area contributed by atoms with E-state index in [1.807, 2.05) is 0 Å². The van der Waals surface area contributed by atoms with Crippen LogP contribution in [0.4, 0.5) is 0 Å². The zero-order valence-corrected chi connectivity index (χ0v) is 47.0. The minimum atomic E-state index is -1.78. The minimum Gasteiger partial charge on any atom is -0.394 e. The van der Waals surface area contributed by atoms with Crippen molar-refractivity contribution in [3.05, 3.63) is 48.6 Å². The summed E-state index contributed by atoms with van der Waals surface area (Å²) in [6.07, 6.45) is 41.6. The van der Waals surface area contributed by atoms with Crippen LogP contribution in [0.1, 0.15) is 239 Å². The lowest BCUT2D eigenvalue weighted by Gasteiger charge is -2.46. The summed E-state index contributed by atoms with van der Waals surface area (Å²) in [6, 6.07) is -0.825. The van der Waals surface area contributed by atoms with Gasteiger partial charge >= 0.3 is 0 Å². The van der Waals surface area contributed by atoms with Gasteiger partial charge in [-0.3, -0.25) is 4.79 Å². The Kier molecular flexibility index (Phi) is 43.1. The zero-order valence-electron chi connectivity index (χ0n) is 47.0. The molecule has 14 heteroatoms. The number of carbonyl (C=O) groups excluding carboxylic acids is 1. The maximum atomic E-state index is 13.2. The van der Waals surface area contributed by atoms with Gasteiger partial charge in [0.1, 0.15) is 48.8 Å². The van der Waals surface area contributed by atoms with Gasteiger partial charge in [0.2, 0.25) is 5.91 Å². The predicted molar refractivity (Wildman–Crippen MR) is 300 cm³/mol. The van der Waals surface area contributed by atoms with Crippen molar-refractivity contribution >= 4 is 5.91 Å². The molecule has 2 saturated heterocycles. The van der Waals surface area contributed by atoms with Crippen LogP contribution in [0.5, 0.6) is 0 Å². The molecule has 0 aromatic heterocycles. The summed E-state index contributed by atoms with van der Waals surface area (Å²) in [5.74, 6) is -0.208. The highest BCUT2D eigenvalue weighted by molar-refractivity contribution is 5.76. The van der Waals surface area contributed by atoms with Crippen molar-refractivity contribution in [2.24, 2.45) is 0 Å². The summed E-state index contributed by atoms with van der Waals surface area (Å²) in [7, 11) is 0. The van der Waals surface area contributed by atoms with Crippen LogP contribution in [0.2, 0.25) is 0 Å². The lowest BCUT2D eigenvalue weighted by atomic mass is 9.97. The number of carbonyl (C=O) groups is 1. The molecule has 438 valence electrons. The second kappa shape index (κ2) is 46.8. The average molecular weight is 1070 g/mol. The number of unbranched alkanes of at least 4 members (excludes halogenated alkanes) is 27. The van der Waals surface area contributed by atoms with E-state index in [1.54, 1.807) is 0 Å². The quantitative estimate of drug-likeness (QED) is 0.0204. The summed E-state index contributed by atoms with van der Waals surface area (Å²) in [5.41, 5.74) is 0. The van der Waals surface area contributed by atoms with E-state index < -0.39 is 86.8 Å². The van der Waals surface area contributed by atoms with E-state index in [9.17, 15) is 45.6 Å². The van der Waals surface area contributed by atoms with Gasteiger partial charge in [0.25, 0.3) is 0 Å². The normalized spacial score (nSPS) is 25.4. The third kappa shape index (κ3) is 32.6. The second-order valence-electron chi connectivity index (χ2n) is 21.5. The summed E-state index contributed by atoms with van der Waals surface area (Å²) in [6.45, 7) is 2.71. The van der Waals surface area contributed by atoms with Crippen LogP contribution < -0.4 is 5.32 Å². The molecule has 2 heterocycles. The average Bonchev–Trinajstić information content (AvgIpc) is 3.41. The first kappa shape index (κ1) is 69.1. The van der Waals surface area contributed by atoms with Crippen LogP contribution >= 0.6 is 0 Å². The number of allylic oxidation sites excluding steroid dienone is 8. The zero-order chi connectivity index (χ0) is 54.6. The number of amides is 1. The lowest BCUT2D eigenvalue weighted by Crippen LogP contribution is -2.65. The monoisotopic (exact) mass is 1070 g/mol. The van der Waals surface area contributed by atoms with E-state index in [1.165, 1.54) is 135 Å². The topological polar surface area (TPSA) is 228 Å². The predicted octanol–water partition coefficient (Wildman–Crippen LogP) is 10.4. The summed E-state index contributed by atoms with van der Waals surface area (Å²) >= 11 is 0. The van der Waals surface area contributed by atoms with E-state index in [2.05, 4.69) is 67.8 Å². The van der Waals surface area contributed by atoms with Crippen LogP contribution in [-0.4, -0.2) is 140 Å². The van der Waals surface area contributed by atoms with Gasteiger partial charge < -0.3 is 65.1 Å². The Hall–Kier alpha value is -2.05. The van der Waals surface area contributed by atoms with Crippen molar-refractivity contribution in [1.82, 2.24) is 5.32 Å². The molecule has 14 nitrogen and oxygen atoms in total. The van der Waals surface area contributed by atoms with Gasteiger partial charge in [0.05, 0.1) is 32.0 Å². The fourth-order valence-corrected chi connectivity index (χ4v) is 9.94. The van der Waals surface area contributed by atoms with E-state index in [4.69, 9.17) is 18.9 Å². The highest BCUT2D eigenvalue weighted by Crippen LogP contribution is 2.30. The molecule has 0 aromatic rings. The van der Waals surface area contributed by atoms with Gasteiger partial charge in [-0.25, -0.2) is 0 Å². The smallest absolute Gasteiger partial charge is 0.220 e. The minimum absolute atomic E-state index is 0.208. The Bertz CT molecular complexity index is 1440. The van der Waals surface area contributed by atoms with Crippen molar-refractivity contribution in [3.8, 4) is 0 Å². The number of ether oxygens (including phenoxy) is 4. The Morgan fingerprint density at radius 2 is 0.920 bits per heavy atom. The maximum Gasteiger partial charge on any atom is 0.220 e. The second-order valence-corrected chi connectivity index (χ2v) is 21.5. The van der Waals surface area contributed by atoms with E-state index in [-0.39, 0.29) is 12.5 Å². The third-order valence-corrected chi connectivity index (χ3v) is 14.8. The van der Waals surface area contributed by atoms with E-state index >= 15 is 0 Å². The molecule has 2 fully saturated rings. The number of rotatable bonds is 48. The number of nitrogens with one attached hydrogen (secondary N) is 1. The molecular weight excluding hydrogens is 955 g/mol. The molecule has 12 atom stereocenters. The molecule has 0 radical (unpaired) electrons. The first-order valence-corrected chi connectivity index (χ1v) is 30.4. The Morgan fingerprint density at radius 3 is 1.41 bits per heavy atom. The SMILES string of the molecule is CC/C=C\C/C=C\C/C=C\C/C=C\CCCCCCCCCCCCCCCCCCCCCCC(=O)NC(COC1OC(CO)C(OC2OC(CO)C(O)C(O)C2O)C(O)C1O)C(O)CCCCCCCCCC. The van der Waals surface area contributed by atoms with Gasteiger partial charge in [0.15, 0.2) is 12.6 Å². The number of hydrogen-bond donors (Lipinski definition) is 9. The molecule has 0 spiro atoms. The molecule has 2 aliphatic rings. The first-order valence-electron chi connectivity index (χ1n) is 30.4. The van der Waals surface area contributed by atoms with Crippen LogP contribution in [0.3, 0.4) is 0 Å². The van der Waals surface area contributed by atoms with E-state index in [0.717, 1.165) is 77.0 Å². The molecule has 1 amide bonds. The lowest BCUT2D eigenvalue weighted by molar-refractivity contribution is -0.359. The molecule has 2 aliphatic heterocycles. The van der Waals surface area contributed by atoms with E-state index in [0.29, 0.717) is 12.8 Å². The summed E-state index contributed by atoms with van der Waals surface area (Å²) in [5, 5.41) is 86.9. The number of aliphatic hydroxyl groups excluding tert-OH is 8. The van der Waals surface area contributed by atoms with Crippen LogP contribution in [-0.2, 0) is 23.7 Å². The van der Waals surface area contributed by atoms with Gasteiger partial charge in [-0.2, -0.15) is 0 Å². The molecular formula is C61H111NO13. The van der Waals surface area contributed by atoms with Crippen molar-refractivity contribution in [3.63, 3.8) is 0 Å². The molecule has 12 unspecified atom stereocenters. The molecule has 75 heavy (non-hydrogen) atoms. The van der Waals surface area contributed by atoms with Gasteiger partial charge in [-0.05, 0) is 51.4 Å². The summed E-state index contributed by atoms with van der Waals surface area (Å²) in [4.78, 5) is 13.2. The molecule has 2 rings (SSSR count). The Morgan fingerprint density at radius 1 is 0.493 bits per heavy atom. The first-order chi connectivity index (χ1) is 36.6. The summed E-state index contributed by atoms with van der Waals surface area (Å²) < 4.78 is 22.7. The van der Waals surface area contributed by atoms with Crippen LogP contribution in [0.15, 0.2) is 48.6 Å². The Balaban J connectivity index is 1.57. The maximum absolute atomic E-state index is 13.2. The van der Waals surface area contributed by atoms with Crippen molar-refractivity contribution in [2.75, 3.05) is 19.8 Å². The number of aliphatic hydroxyl groups is 8. The van der Waals surface area contributed by atoms with Crippen LogP contribution in [0.25, 0.3) is 0 Å². The molecule has 0 bridgehead atoms. The fraction of sp³-hybridized carbons (Fsp3) is 0.852. The highest BCUT2D eigenvalue weighted by Gasteiger charge is 2.51. The molecule has 0 saturated carbocycles. The standard InChI is InChI=1S/C61H111NO13/c1-3-5-7-9-11-13-14-15-16-17-18-19-20-21-22-23-24-25-26-27-28-29-30-31-32-33-34-35-36-37-39-41-43-45-53(66)62-49(50(65)44-42-40-38-12-10-8-6-4-2)48-72-60-58(71)56(69)59(52(47-64)74-60)75-61-57(70)55(68)54(67)51(46-63)73-61/h5,7,11,13,15-16,18-19,49-52,54-61,63-65,67-71H,3-4,6,8-10,12,14,17,20-48H2,1-2H3,(H,62,66)/b7-5-,13-11-,16-15-,19-18-. The largest absolute Gasteiger partial charge is 0.394 e. The molecule has 0 aromatic carbocycles. The number of hydrogen-bond acceptors (Lipinski definition) is 13. The third-order valence-electron chi connectivity index (χ3n) is 14.8. The highest BCUT2D eigenvalue weighted by atomic mass is 16.7. The molecule has 9 N–H and O–H groups in total.